The van der Waals surface area contributed by atoms with Crippen molar-refractivity contribution in [2.45, 2.75) is 71.0 Å². The van der Waals surface area contributed by atoms with Crippen molar-refractivity contribution in [3.8, 4) is 5.75 Å². The van der Waals surface area contributed by atoms with Gasteiger partial charge >= 0.3 is 0 Å². The number of carbonyl (C=O) groups excluding carboxylic acids is 3. The predicted molar refractivity (Wildman–Crippen MR) is 157 cm³/mol. The molecular weight excluding hydrogens is 504 g/mol. The Morgan fingerprint density at radius 1 is 1.07 bits per heavy atom. The molecule has 8 nitrogen and oxygen atoms in total. The molecule has 0 aliphatic carbocycles. The molecule has 0 bridgehead atoms. The van der Waals surface area contributed by atoms with E-state index in [0.717, 1.165) is 49.5 Å². The van der Waals surface area contributed by atoms with Crippen molar-refractivity contribution in [3.63, 3.8) is 0 Å². The molecule has 4 rings (SSSR count). The number of anilines is 1. The van der Waals surface area contributed by atoms with Crippen molar-refractivity contribution in [2.24, 2.45) is 5.92 Å². The Hall–Kier alpha value is -3.39. The molecule has 2 aromatic carbocycles. The fraction of sp³-hybridized carbons (Fsp3) is 0.531. The van der Waals surface area contributed by atoms with Crippen LogP contribution in [0.2, 0.25) is 0 Å². The van der Waals surface area contributed by atoms with Crippen LogP contribution in [0.4, 0.5) is 5.69 Å². The molecule has 2 aliphatic heterocycles. The van der Waals surface area contributed by atoms with Crippen molar-refractivity contribution in [2.75, 3.05) is 38.7 Å². The fourth-order valence-corrected chi connectivity index (χ4v) is 5.85. The van der Waals surface area contributed by atoms with Gasteiger partial charge in [0.15, 0.2) is 0 Å². The van der Waals surface area contributed by atoms with E-state index >= 15 is 0 Å². The third kappa shape index (κ3) is 6.33. The molecule has 0 unspecified atom stereocenters. The monoisotopic (exact) mass is 548 g/mol. The average molecular weight is 549 g/mol. The summed E-state index contributed by atoms with van der Waals surface area (Å²) in [5.41, 5.74) is 1.78. The molecule has 2 saturated heterocycles. The molecule has 2 aromatic rings. The first-order valence-electron chi connectivity index (χ1n) is 14.5. The Morgan fingerprint density at radius 3 is 2.30 bits per heavy atom. The van der Waals surface area contributed by atoms with Crippen LogP contribution in [-0.2, 0) is 16.1 Å². The quantitative estimate of drug-likeness (QED) is 0.474. The average Bonchev–Trinajstić information content (AvgIpc) is 2.96. The number of likely N-dealkylation sites (tertiary alicyclic amines) is 1. The number of nitrogens with one attached hydrogen (secondary N) is 1. The van der Waals surface area contributed by atoms with E-state index in [0.29, 0.717) is 37.3 Å². The number of nitrogens with zero attached hydrogens (tertiary/aromatic N) is 3. The summed E-state index contributed by atoms with van der Waals surface area (Å²) in [5, 5.41) is 3.08. The van der Waals surface area contributed by atoms with Gasteiger partial charge in [0.1, 0.15) is 17.3 Å². The Labute approximate surface area is 238 Å². The van der Waals surface area contributed by atoms with Gasteiger partial charge in [0.05, 0.1) is 7.11 Å². The summed E-state index contributed by atoms with van der Waals surface area (Å²) in [6, 6.07) is 14.7. The summed E-state index contributed by atoms with van der Waals surface area (Å²) in [6.45, 7) is 9.13. The number of piperazine rings is 1. The van der Waals surface area contributed by atoms with Gasteiger partial charge in [-0.05, 0) is 73.6 Å². The fourth-order valence-electron chi connectivity index (χ4n) is 5.85. The number of carbonyl (C=O) groups is 3. The molecule has 2 heterocycles. The summed E-state index contributed by atoms with van der Waals surface area (Å²) in [5.74, 6) is 1.10. The topological polar surface area (TPSA) is 82.2 Å². The van der Waals surface area contributed by atoms with Crippen LogP contribution in [0.25, 0.3) is 0 Å². The van der Waals surface area contributed by atoms with Gasteiger partial charge in [0, 0.05) is 44.5 Å². The van der Waals surface area contributed by atoms with E-state index in [1.54, 1.807) is 19.1 Å². The van der Waals surface area contributed by atoms with E-state index in [9.17, 15) is 14.4 Å². The van der Waals surface area contributed by atoms with Gasteiger partial charge in [0.2, 0.25) is 11.8 Å². The number of piperidine rings is 1. The largest absolute Gasteiger partial charge is 0.497 e. The first kappa shape index (κ1) is 29.6. The van der Waals surface area contributed by atoms with Crippen molar-refractivity contribution in [1.82, 2.24) is 15.1 Å². The summed E-state index contributed by atoms with van der Waals surface area (Å²) in [4.78, 5) is 45.9. The number of hydrogen-bond donors (Lipinski definition) is 1. The second kappa shape index (κ2) is 12.9. The second-order valence-corrected chi connectivity index (χ2v) is 11.6. The van der Waals surface area contributed by atoms with Crippen LogP contribution in [0, 0.1) is 5.92 Å². The molecule has 3 amide bonds. The Balaban J connectivity index is 1.38. The maximum Gasteiger partial charge on any atom is 0.258 e. The van der Waals surface area contributed by atoms with Gasteiger partial charge in [-0.15, -0.1) is 0 Å². The van der Waals surface area contributed by atoms with Crippen LogP contribution in [-0.4, -0.2) is 72.9 Å². The summed E-state index contributed by atoms with van der Waals surface area (Å²) in [7, 11) is 3.38. The standard InChI is InChI=1S/C32H44N4O4/c1-6-7-18-36-30(38)28(21-23(2)3)33-31(39)32(36)16-19-35(20-17-32)22-24-8-10-25(11-9-24)29(37)34(4)26-12-14-27(40-5)15-13-26/h8-15,23,28H,6-7,16-22H2,1-5H3,(H,33,39)/t28-/m0/s1. The Kier molecular flexibility index (Phi) is 9.51. The molecule has 40 heavy (non-hydrogen) atoms. The molecule has 1 atom stereocenters. The Morgan fingerprint density at radius 2 is 1.73 bits per heavy atom. The number of rotatable bonds is 10. The normalized spacial score (nSPS) is 19.1. The first-order chi connectivity index (χ1) is 19.2. The van der Waals surface area contributed by atoms with Crippen LogP contribution in [0.5, 0.6) is 5.75 Å². The first-order valence-corrected chi connectivity index (χ1v) is 14.5. The number of unbranched alkanes of at least 4 members (excludes halogenated alkanes) is 1. The molecule has 0 saturated carbocycles. The van der Waals surface area contributed by atoms with Crippen LogP contribution in [0.1, 0.15) is 68.8 Å². The summed E-state index contributed by atoms with van der Waals surface area (Å²) >= 11 is 0. The molecular formula is C32H44N4O4. The minimum atomic E-state index is -0.751. The number of methoxy groups -OCH3 is 1. The summed E-state index contributed by atoms with van der Waals surface area (Å²) in [6.07, 6.45) is 3.82. The molecule has 2 aliphatic rings. The smallest absolute Gasteiger partial charge is 0.258 e. The highest BCUT2D eigenvalue weighted by Crippen LogP contribution is 2.34. The lowest BCUT2D eigenvalue weighted by Crippen LogP contribution is -2.73. The van der Waals surface area contributed by atoms with Crippen LogP contribution < -0.4 is 15.0 Å². The maximum absolute atomic E-state index is 13.5. The van der Waals surface area contributed by atoms with Crippen molar-refractivity contribution < 1.29 is 19.1 Å². The van der Waals surface area contributed by atoms with Crippen molar-refractivity contribution >= 4 is 23.4 Å². The van der Waals surface area contributed by atoms with E-state index in [2.05, 4.69) is 31.0 Å². The highest BCUT2D eigenvalue weighted by molar-refractivity contribution is 6.05. The van der Waals surface area contributed by atoms with Gasteiger partial charge in [-0.3, -0.25) is 19.3 Å². The van der Waals surface area contributed by atoms with E-state index in [-0.39, 0.29) is 17.7 Å². The number of amides is 3. The number of hydrogen-bond acceptors (Lipinski definition) is 5. The zero-order valence-corrected chi connectivity index (χ0v) is 24.6. The minimum absolute atomic E-state index is 0.0114. The molecule has 0 radical (unpaired) electrons. The lowest BCUT2D eigenvalue weighted by molar-refractivity contribution is -0.161. The molecule has 1 N–H and O–H groups in total. The number of benzene rings is 2. The molecule has 0 aromatic heterocycles. The second-order valence-electron chi connectivity index (χ2n) is 11.6. The predicted octanol–water partition coefficient (Wildman–Crippen LogP) is 4.48. The third-order valence-electron chi connectivity index (χ3n) is 8.31. The summed E-state index contributed by atoms with van der Waals surface area (Å²) < 4.78 is 5.21. The van der Waals surface area contributed by atoms with Crippen LogP contribution in [0.15, 0.2) is 48.5 Å². The molecule has 8 heteroatoms. The van der Waals surface area contributed by atoms with E-state index in [1.807, 2.05) is 53.4 Å². The van der Waals surface area contributed by atoms with Crippen molar-refractivity contribution in [1.29, 1.82) is 0 Å². The highest BCUT2D eigenvalue weighted by atomic mass is 16.5. The molecule has 1 spiro atoms. The Bertz CT molecular complexity index is 1170. The van der Waals surface area contributed by atoms with E-state index in [1.165, 1.54) is 0 Å². The van der Waals surface area contributed by atoms with Gasteiger partial charge in [0.25, 0.3) is 5.91 Å². The zero-order chi connectivity index (χ0) is 28.9. The van der Waals surface area contributed by atoms with Gasteiger partial charge in [-0.25, -0.2) is 0 Å². The van der Waals surface area contributed by atoms with Crippen molar-refractivity contribution in [3.05, 3.63) is 59.7 Å². The molecule has 216 valence electrons. The van der Waals surface area contributed by atoms with Crippen LogP contribution >= 0.6 is 0 Å². The van der Waals surface area contributed by atoms with Gasteiger partial charge < -0.3 is 19.9 Å². The maximum atomic E-state index is 13.5. The lowest BCUT2D eigenvalue weighted by atomic mass is 9.80. The SMILES string of the molecule is CCCCN1C(=O)[C@H](CC(C)C)NC(=O)C12CCN(Cc1ccc(C(=O)N(C)c3ccc(OC)cc3)cc1)CC2. The highest BCUT2D eigenvalue weighted by Gasteiger charge is 2.53. The lowest BCUT2D eigenvalue weighted by Gasteiger charge is -2.52. The van der Waals surface area contributed by atoms with Gasteiger partial charge in [-0.1, -0.05) is 39.3 Å². The van der Waals surface area contributed by atoms with Gasteiger partial charge in [-0.2, -0.15) is 0 Å². The number of ether oxygens (including phenoxy) is 1. The third-order valence-corrected chi connectivity index (χ3v) is 8.31. The van der Waals surface area contributed by atoms with E-state index < -0.39 is 11.6 Å². The minimum Gasteiger partial charge on any atom is -0.497 e. The van der Waals surface area contributed by atoms with Crippen LogP contribution in [0.3, 0.4) is 0 Å². The van der Waals surface area contributed by atoms with E-state index in [4.69, 9.17) is 4.74 Å². The molecule has 2 fully saturated rings. The zero-order valence-electron chi connectivity index (χ0n) is 24.6.